The average Bonchev–Trinajstić information content (AvgIpc) is 3.39. The van der Waals surface area contributed by atoms with Gasteiger partial charge in [0.05, 0.1) is 25.3 Å². The van der Waals surface area contributed by atoms with Crippen molar-refractivity contribution in [2.24, 2.45) is 0 Å². The fraction of sp³-hybridized carbons (Fsp3) is 0.143. The number of nitrogens with one attached hydrogen (secondary N) is 1. The van der Waals surface area contributed by atoms with Crippen LogP contribution in [0.5, 0.6) is 0 Å². The molecule has 0 aliphatic carbocycles. The van der Waals surface area contributed by atoms with Crippen LogP contribution >= 0.6 is 0 Å². The molecular formula is C28H26N2O3. The first-order valence-electron chi connectivity index (χ1n) is 10.9. The highest BCUT2D eigenvalue weighted by molar-refractivity contribution is 6.04. The Balaban J connectivity index is 1.46. The topological polar surface area (TPSA) is 62.6 Å². The number of carbonyl (C=O) groups excluding carboxylic acids is 2. The number of amides is 2. The predicted molar refractivity (Wildman–Crippen MR) is 129 cm³/mol. The maximum absolute atomic E-state index is 13.1. The van der Waals surface area contributed by atoms with Gasteiger partial charge < -0.3 is 14.6 Å². The molecule has 5 heteroatoms. The van der Waals surface area contributed by atoms with Crippen molar-refractivity contribution in [3.63, 3.8) is 0 Å². The van der Waals surface area contributed by atoms with Crippen molar-refractivity contribution in [1.82, 2.24) is 5.32 Å². The van der Waals surface area contributed by atoms with E-state index in [1.807, 2.05) is 91.9 Å². The lowest BCUT2D eigenvalue weighted by Gasteiger charge is -2.22. The summed E-state index contributed by atoms with van der Waals surface area (Å²) in [5.74, 6) is 0.0159. The highest BCUT2D eigenvalue weighted by Gasteiger charge is 2.20. The molecular weight excluding hydrogens is 412 g/mol. The van der Waals surface area contributed by atoms with Gasteiger partial charge in [-0.1, -0.05) is 72.8 Å². The Morgan fingerprint density at radius 3 is 2.12 bits per heavy atom. The Bertz CT molecular complexity index is 1170. The van der Waals surface area contributed by atoms with E-state index in [2.05, 4.69) is 5.32 Å². The number of carbonyl (C=O) groups is 2. The van der Waals surface area contributed by atoms with Crippen molar-refractivity contribution in [2.75, 3.05) is 4.90 Å². The van der Waals surface area contributed by atoms with Crippen molar-refractivity contribution in [2.45, 2.75) is 25.9 Å². The number of nitrogens with zero attached hydrogens (tertiary/aromatic N) is 1. The van der Waals surface area contributed by atoms with Crippen molar-refractivity contribution in [3.05, 3.63) is 126 Å². The van der Waals surface area contributed by atoms with E-state index < -0.39 is 0 Å². The first-order chi connectivity index (χ1) is 16.1. The summed E-state index contributed by atoms with van der Waals surface area (Å²) in [5.41, 5.74) is 3.69. The normalized spacial score (nSPS) is 11.5. The van der Waals surface area contributed by atoms with Gasteiger partial charge in [0.15, 0.2) is 5.76 Å². The Morgan fingerprint density at radius 2 is 1.48 bits per heavy atom. The summed E-state index contributed by atoms with van der Waals surface area (Å²) in [6.45, 7) is 2.38. The second-order valence-electron chi connectivity index (χ2n) is 7.90. The second-order valence-corrected chi connectivity index (χ2v) is 7.90. The van der Waals surface area contributed by atoms with Gasteiger partial charge in [0.2, 0.25) is 5.91 Å². The van der Waals surface area contributed by atoms with E-state index in [0.29, 0.717) is 6.54 Å². The van der Waals surface area contributed by atoms with Gasteiger partial charge in [-0.3, -0.25) is 9.59 Å². The Hall–Kier alpha value is -4.12. The van der Waals surface area contributed by atoms with Gasteiger partial charge in [-0.2, -0.15) is 0 Å². The smallest absolute Gasteiger partial charge is 0.294 e. The molecule has 0 spiro atoms. The molecule has 1 N–H and O–H groups in total. The van der Waals surface area contributed by atoms with Crippen molar-refractivity contribution in [1.29, 1.82) is 0 Å². The van der Waals surface area contributed by atoms with Crippen LogP contribution in [0.4, 0.5) is 5.69 Å². The second kappa shape index (κ2) is 10.5. The maximum Gasteiger partial charge on any atom is 0.294 e. The predicted octanol–water partition coefficient (Wildman–Crippen LogP) is 5.55. The third kappa shape index (κ3) is 5.77. The highest BCUT2D eigenvalue weighted by Crippen LogP contribution is 2.22. The number of rotatable bonds is 8. The van der Waals surface area contributed by atoms with Crippen molar-refractivity contribution >= 4 is 17.5 Å². The molecule has 1 aromatic heterocycles. The minimum Gasteiger partial charge on any atom is -0.459 e. The molecule has 5 nitrogen and oxygen atoms in total. The van der Waals surface area contributed by atoms with Crippen LogP contribution < -0.4 is 10.2 Å². The summed E-state index contributed by atoms with van der Waals surface area (Å²) in [5, 5.41) is 3.04. The molecule has 0 aliphatic heterocycles. The fourth-order valence-electron chi connectivity index (χ4n) is 3.68. The van der Waals surface area contributed by atoms with Gasteiger partial charge in [0.1, 0.15) is 0 Å². The fourth-order valence-corrected chi connectivity index (χ4v) is 3.68. The standard InChI is InChI=1S/C28H26N2O3/c1-21(24-11-6-3-7-12-24)29-27(31)19-22-14-16-25(17-15-22)30(20-23-9-4-2-5-10-23)28(32)26-13-8-18-33-26/h2-18,21H,19-20H2,1H3,(H,29,31)/t21-/m0/s1. The van der Waals surface area contributed by atoms with E-state index in [4.69, 9.17) is 4.42 Å². The summed E-state index contributed by atoms with van der Waals surface area (Å²) in [4.78, 5) is 27.3. The zero-order valence-corrected chi connectivity index (χ0v) is 18.5. The number of furan rings is 1. The Kier molecular flexibility index (Phi) is 7.00. The maximum atomic E-state index is 13.1. The molecule has 1 atom stereocenters. The first kappa shape index (κ1) is 22.1. The van der Waals surface area contributed by atoms with E-state index >= 15 is 0 Å². The van der Waals surface area contributed by atoms with Crippen LogP contribution in [0.15, 0.2) is 108 Å². The molecule has 0 fully saturated rings. The minimum absolute atomic E-state index is 0.0492. The van der Waals surface area contributed by atoms with Crippen LogP contribution in [0.1, 0.15) is 40.2 Å². The SMILES string of the molecule is C[C@H](NC(=O)Cc1ccc(N(Cc2ccccc2)C(=O)c2ccco2)cc1)c1ccccc1. The molecule has 0 radical (unpaired) electrons. The summed E-state index contributed by atoms with van der Waals surface area (Å²) >= 11 is 0. The van der Waals surface area contributed by atoms with E-state index in [0.717, 1.165) is 22.4 Å². The average molecular weight is 439 g/mol. The summed E-state index contributed by atoms with van der Waals surface area (Å²) in [6, 6.07) is 30.5. The van der Waals surface area contributed by atoms with Crippen LogP contribution in [0.3, 0.4) is 0 Å². The first-order valence-corrected chi connectivity index (χ1v) is 10.9. The molecule has 2 amide bonds. The van der Waals surface area contributed by atoms with Gasteiger partial charge >= 0.3 is 0 Å². The van der Waals surface area contributed by atoms with Gasteiger partial charge in [-0.15, -0.1) is 0 Å². The van der Waals surface area contributed by atoms with E-state index in [1.54, 1.807) is 17.0 Å². The lowest BCUT2D eigenvalue weighted by molar-refractivity contribution is -0.121. The van der Waals surface area contributed by atoms with Gasteiger partial charge in [-0.25, -0.2) is 0 Å². The van der Waals surface area contributed by atoms with Crippen molar-refractivity contribution in [3.8, 4) is 0 Å². The van der Waals surface area contributed by atoms with Crippen molar-refractivity contribution < 1.29 is 14.0 Å². The van der Waals surface area contributed by atoms with E-state index in [-0.39, 0.29) is 30.0 Å². The molecule has 166 valence electrons. The van der Waals surface area contributed by atoms with Gasteiger partial charge in [0, 0.05) is 5.69 Å². The molecule has 0 aliphatic rings. The quantitative estimate of drug-likeness (QED) is 0.392. The molecule has 3 aromatic carbocycles. The molecule has 4 aromatic rings. The molecule has 0 bridgehead atoms. The molecule has 1 heterocycles. The van der Waals surface area contributed by atoms with Crippen LogP contribution in [0.25, 0.3) is 0 Å². The molecule has 0 saturated heterocycles. The molecule has 4 rings (SSSR count). The minimum atomic E-state index is -0.217. The third-order valence-electron chi connectivity index (χ3n) is 5.45. The van der Waals surface area contributed by atoms with Crippen LogP contribution in [-0.4, -0.2) is 11.8 Å². The van der Waals surface area contributed by atoms with Crippen LogP contribution in [0.2, 0.25) is 0 Å². The highest BCUT2D eigenvalue weighted by atomic mass is 16.3. The Morgan fingerprint density at radius 1 is 0.818 bits per heavy atom. The van der Waals surface area contributed by atoms with E-state index in [9.17, 15) is 9.59 Å². The summed E-state index contributed by atoms with van der Waals surface area (Å²) in [7, 11) is 0. The summed E-state index contributed by atoms with van der Waals surface area (Å²) in [6.07, 6.45) is 1.76. The third-order valence-corrected chi connectivity index (χ3v) is 5.45. The van der Waals surface area contributed by atoms with Gasteiger partial charge in [0.25, 0.3) is 5.91 Å². The zero-order valence-electron chi connectivity index (χ0n) is 18.5. The summed E-state index contributed by atoms with van der Waals surface area (Å²) < 4.78 is 5.34. The molecule has 0 saturated carbocycles. The number of hydrogen-bond donors (Lipinski definition) is 1. The van der Waals surface area contributed by atoms with E-state index in [1.165, 1.54) is 6.26 Å². The monoisotopic (exact) mass is 438 g/mol. The van der Waals surface area contributed by atoms with Crippen LogP contribution in [0, 0.1) is 0 Å². The number of anilines is 1. The molecule has 33 heavy (non-hydrogen) atoms. The number of hydrogen-bond acceptors (Lipinski definition) is 3. The lowest BCUT2D eigenvalue weighted by atomic mass is 10.1. The Labute approximate surface area is 193 Å². The van der Waals surface area contributed by atoms with Gasteiger partial charge in [-0.05, 0) is 47.9 Å². The zero-order chi connectivity index (χ0) is 23.0. The number of benzene rings is 3. The van der Waals surface area contributed by atoms with Crippen LogP contribution in [-0.2, 0) is 17.8 Å². The largest absolute Gasteiger partial charge is 0.459 e. The molecule has 0 unspecified atom stereocenters. The lowest BCUT2D eigenvalue weighted by Crippen LogP contribution is -2.30.